The smallest absolute Gasteiger partial charge is 0.0993 e. The minimum absolute atomic E-state index is 0.521. The molecule has 4 heteroatoms. The summed E-state index contributed by atoms with van der Waals surface area (Å²) in [6.45, 7) is 10.7. The number of benzene rings is 10. The van der Waals surface area contributed by atoms with Gasteiger partial charge in [0, 0.05) is 27.1 Å². The summed E-state index contributed by atoms with van der Waals surface area (Å²) in [6.07, 6.45) is 0. The van der Waals surface area contributed by atoms with Crippen molar-refractivity contribution in [2.45, 2.75) is 34.6 Å². The lowest BCUT2D eigenvalue weighted by atomic mass is 9.95. The number of hydrogen-bond donors (Lipinski definition) is 0. The highest BCUT2D eigenvalue weighted by atomic mass is 15.0. The maximum Gasteiger partial charge on any atom is 0.0993 e. The Labute approximate surface area is 414 Å². The Balaban J connectivity index is 1.28. The number of aromatic nitrogens is 2. The monoisotopic (exact) mass is 908 g/mol. The third-order valence-electron chi connectivity index (χ3n) is 14.6. The van der Waals surface area contributed by atoms with Crippen LogP contribution in [0.4, 0.5) is 0 Å². The van der Waals surface area contributed by atoms with E-state index in [9.17, 15) is 10.5 Å². The SMILES string of the molecule is Cc1cc(C#N)cc(-c2c(-n3c4cc(-c5ccccc5C)ccc4c4ccc(-c5ccccc5C)cc43)cc(C#N)cc2-n2c3cc(-c4ccccc4C)ccc3c3ccc(-c4ccccc4C)cc32)c1. The summed E-state index contributed by atoms with van der Waals surface area (Å²) in [5.41, 5.74) is 23.4. The zero-order chi connectivity index (χ0) is 48.5. The highest BCUT2D eigenvalue weighted by molar-refractivity contribution is 6.14. The second-order valence-corrected chi connectivity index (χ2v) is 19.1. The van der Waals surface area contributed by atoms with Crippen molar-refractivity contribution in [3.05, 3.63) is 239 Å². The van der Waals surface area contributed by atoms with Crippen LogP contribution in [-0.4, -0.2) is 9.13 Å². The standard InChI is InChI=1S/C67H48N4/c1-41-30-46(39-68)32-52(31-41)67-65(70-61-35-48(53-18-10-6-14-42(53)2)22-26-57(61)58-27-23-49(36-62(58)70)54-19-11-7-15-43(54)3)33-47(40-69)34-66(67)71-63-37-50(55-20-12-8-16-44(55)4)24-28-59(63)60-29-25-51(38-64(60)71)56-21-13-9-17-45(56)5/h6-38H,1-5H3. The van der Waals surface area contributed by atoms with Crippen molar-refractivity contribution in [3.63, 3.8) is 0 Å². The molecule has 0 aliphatic rings. The first-order chi connectivity index (χ1) is 34.7. The lowest BCUT2D eigenvalue weighted by Crippen LogP contribution is -2.06. The molecule has 0 fully saturated rings. The topological polar surface area (TPSA) is 57.4 Å². The molecule has 0 bridgehead atoms. The Kier molecular flexibility index (Phi) is 10.4. The van der Waals surface area contributed by atoms with Crippen LogP contribution >= 0.6 is 0 Å². The van der Waals surface area contributed by atoms with Gasteiger partial charge in [-0.2, -0.15) is 10.5 Å². The number of nitriles is 2. The molecule has 4 nitrogen and oxygen atoms in total. The van der Waals surface area contributed by atoms with Crippen LogP contribution in [0.5, 0.6) is 0 Å². The first-order valence-corrected chi connectivity index (χ1v) is 24.2. The van der Waals surface area contributed by atoms with Gasteiger partial charge < -0.3 is 9.13 Å². The van der Waals surface area contributed by atoms with Crippen molar-refractivity contribution in [1.29, 1.82) is 10.5 Å². The summed E-state index contributed by atoms with van der Waals surface area (Å²) in [4.78, 5) is 0. The molecule has 12 aromatic rings. The Bertz CT molecular complexity index is 3820. The first-order valence-electron chi connectivity index (χ1n) is 24.2. The molecule has 0 aliphatic heterocycles. The molecule has 0 radical (unpaired) electrons. The lowest BCUT2D eigenvalue weighted by molar-refractivity contribution is 1.13. The van der Waals surface area contributed by atoms with Crippen LogP contribution < -0.4 is 0 Å². The molecule has 2 heterocycles. The Hall–Kier alpha value is -9.22. The summed E-state index contributed by atoms with van der Waals surface area (Å²) in [6, 6.07) is 76.7. The predicted octanol–water partition coefficient (Wildman–Crippen LogP) is 17.5. The van der Waals surface area contributed by atoms with Crippen LogP contribution in [0.15, 0.2) is 200 Å². The molecule has 10 aromatic carbocycles. The molecule has 0 saturated heterocycles. The van der Waals surface area contributed by atoms with E-state index >= 15 is 0 Å². The third kappa shape index (κ3) is 7.20. The van der Waals surface area contributed by atoms with Crippen LogP contribution in [0.25, 0.3) is 111 Å². The van der Waals surface area contributed by atoms with Gasteiger partial charge in [-0.25, -0.2) is 0 Å². The van der Waals surface area contributed by atoms with Crippen molar-refractivity contribution in [2.75, 3.05) is 0 Å². The fourth-order valence-electron chi connectivity index (χ4n) is 11.1. The van der Waals surface area contributed by atoms with Gasteiger partial charge in [0.25, 0.3) is 0 Å². The first kappa shape index (κ1) is 43.1. The van der Waals surface area contributed by atoms with E-state index in [1.807, 2.05) is 12.1 Å². The quantitative estimate of drug-likeness (QED) is 0.160. The average molecular weight is 909 g/mol. The number of nitrogens with zero attached hydrogens (tertiary/aromatic N) is 4. The number of rotatable bonds is 7. The van der Waals surface area contributed by atoms with Gasteiger partial charge in [0.1, 0.15) is 0 Å². The molecule has 0 unspecified atom stereocenters. The van der Waals surface area contributed by atoms with Crippen LogP contribution in [0.1, 0.15) is 38.9 Å². The molecular formula is C67H48N4. The molecule has 0 spiro atoms. The minimum Gasteiger partial charge on any atom is -0.308 e. The van der Waals surface area contributed by atoms with Crippen LogP contribution in [0.3, 0.4) is 0 Å². The van der Waals surface area contributed by atoms with E-state index in [1.54, 1.807) is 0 Å². The third-order valence-corrected chi connectivity index (χ3v) is 14.6. The summed E-state index contributed by atoms with van der Waals surface area (Å²) < 4.78 is 4.77. The van der Waals surface area contributed by atoms with Gasteiger partial charge in [0.2, 0.25) is 0 Å². The van der Waals surface area contributed by atoms with E-state index in [1.165, 1.54) is 22.3 Å². The molecule has 0 saturated carbocycles. The maximum absolute atomic E-state index is 11.3. The normalized spacial score (nSPS) is 11.4. The van der Waals surface area contributed by atoms with Crippen molar-refractivity contribution < 1.29 is 0 Å². The molecule has 0 atom stereocenters. The van der Waals surface area contributed by atoms with E-state index in [0.29, 0.717) is 11.1 Å². The number of fused-ring (bicyclic) bond motifs is 6. The van der Waals surface area contributed by atoms with Gasteiger partial charge in [-0.15, -0.1) is 0 Å². The molecular weight excluding hydrogens is 861 g/mol. The second-order valence-electron chi connectivity index (χ2n) is 19.1. The fraction of sp³-hybridized carbons (Fsp3) is 0.0746. The minimum atomic E-state index is 0.521. The second kappa shape index (κ2) is 17.1. The van der Waals surface area contributed by atoms with Gasteiger partial charge in [-0.3, -0.25) is 0 Å². The summed E-state index contributed by atoms with van der Waals surface area (Å²) in [5.74, 6) is 0. The average Bonchev–Trinajstić information content (AvgIpc) is 3.89. The molecule has 12 rings (SSSR count). The van der Waals surface area contributed by atoms with Crippen molar-refractivity contribution >= 4 is 43.6 Å². The Morgan fingerprint density at radius 2 is 0.620 bits per heavy atom. The number of aryl methyl sites for hydroxylation is 5. The molecule has 0 N–H and O–H groups in total. The van der Waals surface area contributed by atoms with Gasteiger partial charge in [-0.05, 0) is 161 Å². The molecule has 71 heavy (non-hydrogen) atoms. The van der Waals surface area contributed by atoms with Crippen molar-refractivity contribution in [2.24, 2.45) is 0 Å². The van der Waals surface area contributed by atoms with Gasteiger partial charge >= 0.3 is 0 Å². The molecule has 0 amide bonds. The summed E-state index contributed by atoms with van der Waals surface area (Å²) in [5, 5.41) is 26.4. The zero-order valence-electron chi connectivity index (χ0n) is 40.3. The Morgan fingerprint density at radius 1 is 0.310 bits per heavy atom. The van der Waals surface area contributed by atoms with Crippen LogP contribution in [-0.2, 0) is 0 Å². The van der Waals surface area contributed by atoms with E-state index in [0.717, 1.165) is 116 Å². The molecule has 0 aliphatic carbocycles. The largest absolute Gasteiger partial charge is 0.308 e. The van der Waals surface area contributed by atoms with Gasteiger partial charge in [0.15, 0.2) is 0 Å². The zero-order valence-corrected chi connectivity index (χ0v) is 40.3. The van der Waals surface area contributed by atoms with Crippen LogP contribution in [0, 0.1) is 57.3 Å². The van der Waals surface area contributed by atoms with Gasteiger partial charge in [-0.1, -0.05) is 152 Å². The van der Waals surface area contributed by atoms with Crippen molar-refractivity contribution in [1.82, 2.24) is 9.13 Å². The van der Waals surface area contributed by atoms with E-state index in [4.69, 9.17) is 0 Å². The molecule has 2 aromatic heterocycles. The fourth-order valence-corrected chi connectivity index (χ4v) is 11.1. The predicted molar refractivity (Wildman–Crippen MR) is 295 cm³/mol. The van der Waals surface area contributed by atoms with Crippen molar-refractivity contribution in [3.8, 4) is 79.1 Å². The maximum atomic E-state index is 11.3. The Morgan fingerprint density at radius 3 is 0.930 bits per heavy atom. The van der Waals surface area contributed by atoms with E-state index in [2.05, 4.69) is 244 Å². The highest BCUT2D eigenvalue weighted by Crippen LogP contribution is 2.46. The number of hydrogen-bond acceptors (Lipinski definition) is 2. The van der Waals surface area contributed by atoms with Crippen LogP contribution in [0.2, 0.25) is 0 Å². The molecule has 336 valence electrons. The van der Waals surface area contributed by atoms with E-state index < -0.39 is 0 Å². The highest BCUT2D eigenvalue weighted by Gasteiger charge is 2.25. The summed E-state index contributed by atoms with van der Waals surface area (Å²) in [7, 11) is 0. The summed E-state index contributed by atoms with van der Waals surface area (Å²) >= 11 is 0. The lowest BCUT2D eigenvalue weighted by Gasteiger charge is -2.22. The van der Waals surface area contributed by atoms with Gasteiger partial charge in [0.05, 0.1) is 56.7 Å². The van der Waals surface area contributed by atoms with E-state index in [-0.39, 0.29) is 0 Å².